The molecule has 2 aliphatic heterocycles. The van der Waals surface area contributed by atoms with Crippen LogP contribution < -0.4 is 10.6 Å². The van der Waals surface area contributed by atoms with E-state index in [2.05, 4.69) is 29.4 Å². The molecule has 0 spiro atoms. The number of ether oxygens (including phenoxy) is 1. The molecular formula is C19H38IN5O2. The van der Waals surface area contributed by atoms with Crippen molar-refractivity contribution in [2.45, 2.75) is 52.5 Å². The lowest BCUT2D eigenvalue weighted by molar-refractivity contribution is 0.0963. The van der Waals surface area contributed by atoms with Crippen LogP contribution >= 0.6 is 24.0 Å². The van der Waals surface area contributed by atoms with E-state index in [0.717, 1.165) is 45.0 Å². The van der Waals surface area contributed by atoms with Gasteiger partial charge in [-0.25, -0.2) is 4.79 Å². The standard InChI is InChI=1S/C19H37N5O2.HI/c1-4-10-23-11-7-16(15-23)14-21-18(20-5-2)22-17-8-12-24(13-9-17)19(25)26-6-3;/h16-17H,4-15H2,1-3H3,(H2,20,21,22);1H. The van der Waals surface area contributed by atoms with Gasteiger partial charge in [-0.3, -0.25) is 4.99 Å². The summed E-state index contributed by atoms with van der Waals surface area (Å²) >= 11 is 0. The van der Waals surface area contributed by atoms with Crippen LogP contribution in [0, 0.1) is 5.92 Å². The third-order valence-corrected chi connectivity index (χ3v) is 5.12. The van der Waals surface area contributed by atoms with Crippen molar-refractivity contribution in [2.24, 2.45) is 10.9 Å². The molecule has 2 heterocycles. The van der Waals surface area contributed by atoms with Crippen LogP contribution in [-0.2, 0) is 4.74 Å². The van der Waals surface area contributed by atoms with E-state index in [1.54, 1.807) is 4.90 Å². The Morgan fingerprint density at radius 1 is 1.15 bits per heavy atom. The number of aliphatic imine (C=N–C) groups is 1. The van der Waals surface area contributed by atoms with Gasteiger partial charge in [-0.15, -0.1) is 24.0 Å². The average molecular weight is 495 g/mol. The smallest absolute Gasteiger partial charge is 0.409 e. The highest BCUT2D eigenvalue weighted by Gasteiger charge is 2.25. The molecule has 1 atom stereocenters. The number of guanidine groups is 1. The minimum atomic E-state index is -0.190. The molecule has 8 heteroatoms. The average Bonchev–Trinajstić information content (AvgIpc) is 3.08. The van der Waals surface area contributed by atoms with E-state index in [9.17, 15) is 4.79 Å². The number of halogens is 1. The fraction of sp³-hybridized carbons (Fsp3) is 0.895. The zero-order chi connectivity index (χ0) is 18.8. The lowest BCUT2D eigenvalue weighted by atomic mass is 10.1. The predicted molar refractivity (Wildman–Crippen MR) is 121 cm³/mol. The van der Waals surface area contributed by atoms with Crippen LogP contribution in [0.15, 0.2) is 4.99 Å². The number of nitrogens with zero attached hydrogens (tertiary/aromatic N) is 3. The van der Waals surface area contributed by atoms with Crippen LogP contribution in [0.3, 0.4) is 0 Å². The molecule has 0 aliphatic carbocycles. The molecule has 0 aromatic heterocycles. The van der Waals surface area contributed by atoms with Crippen LogP contribution in [0.1, 0.15) is 46.5 Å². The number of nitrogens with one attached hydrogen (secondary N) is 2. The molecule has 0 saturated carbocycles. The molecule has 0 aromatic carbocycles. The second-order valence-corrected chi connectivity index (χ2v) is 7.28. The fourth-order valence-corrected chi connectivity index (χ4v) is 3.74. The zero-order valence-corrected chi connectivity index (χ0v) is 19.5. The van der Waals surface area contributed by atoms with Crippen molar-refractivity contribution < 1.29 is 9.53 Å². The second kappa shape index (κ2) is 13.4. The van der Waals surface area contributed by atoms with Gasteiger partial charge in [0.15, 0.2) is 5.96 Å². The van der Waals surface area contributed by atoms with Crippen molar-refractivity contribution in [1.29, 1.82) is 0 Å². The van der Waals surface area contributed by atoms with Gasteiger partial charge in [0.1, 0.15) is 0 Å². The Labute approximate surface area is 181 Å². The topological polar surface area (TPSA) is 69.2 Å². The first-order chi connectivity index (χ1) is 12.7. The number of piperidine rings is 1. The summed E-state index contributed by atoms with van der Waals surface area (Å²) in [4.78, 5) is 21.0. The predicted octanol–water partition coefficient (Wildman–Crippen LogP) is 2.51. The number of likely N-dealkylation sites (tertiary alicyclic amines) is 2. The molecule has 7 nitrogen and oxygen atoms in total. The Bertz CT molecular complexity index is 455. The lowest BCUT2D eigenvalue weighted by Gasteiger charge is -2.32. The Kier molecular flexibility index (Phi) is 12.1. The van der Waals surface area contributed by atoms with E-state index in [-0.39, 0.29) is 30.1 Å². The quantitative estimate of drug-likeness (QED) is 0.323. The van der Waals surface area contributed by atoms with E-state index in [1.807, 2.05) is 6.92 Å². The van der Waals surface area contributed by atoms with E-state index < -0.39 is 0 Å². The summed E-state index contributed by atoms with van der Waals surface area (Å²) in [6, 6.07) is 0.360. The minimum Gasteiger partial charge on any atom is -0.450 e. The fourth-order valence-electron chi connectivity index (χ4n) is 3.74. The zero-order valence-electron chi connectivity index (χ0n) is 17.2. The maximum Gasteiger partial charge on any atom is 0.409 e. The number of hydrogen-bond acceptors (Lipinski definition) is 4. The first-order valence-corrected chi connectivity index (χ1v) is 10.3. The monoisotopic (exact) mass is 495 g/mol. The largest absolute Gasteiger partial charge is 0.450 e. The molecule has 1 amide bonds. The van der Waals surface area contributed by atoms with Crippen molar-refractivity contribution in [3.63, 3.8) is 0 Å². The SMILES string of the molecule is CCCN1CCC(CN=C(NCC)NC2CCN(C(=O)OCC)CC2)C1.I. The van der Waals surface area contributed by atoms with E-state index >= 15 is 0 Å². The van der Waals surface area contributed by atoms with Crippen LogP contribution in [0.25, 0.3) is 0 Å². The number of hydrogen-bond donors (Lipinski definition) is 2. The maximum atomic E-state index is 11.8. The third-order valence-electron chi connectivity index (χ3n) is 5.12. The Balaban J connectivity index is 0.00000364. The summed E-state index contributed by atoms with van der Waals surface area (Å²) in [6.07, 6.45) is 4.14. The molecule has 2 rings (SSSR count). The second-order valence-electron chi connectivity index (χ2n) is 7.28. The first kappa shape index (κ1) is 24.3. The minimum absolute atomic E-state index is 0. The van der Waals surface area contributed by atoms with Gasteiger partial charge in [-0.1, -0.05) is 6.92 Å². The molecule has 2 N–H and O–H groups in total. The van der Waals surface area contributed by atoms with Gasteiger partial charge >= 0.3 is 6.09 Å². The van der Waals surface area contributed by atoms with Crippen molar-refractivity contribution in [2.75, 3.05) is 52.4 Å². The van der Waals surface area contributed by atoms with E-state index in [0.29, 0.717) is 18.6 Å². The van der Waals surface area contributed by atoms with Crippen LogP contribution in [0.4, 0.5) is 4.79 Å². The van der Waals surface area contributed by atoms with Gasteiger partial charge in [0, 0.05) is 38.8 Å². The maximum absolute atomic E-state index is 11.8. The van der Waals surface area contributed by atoms with E-state index in [4.69, 9.17) is 9.73 Å². The Hall–Kier alpha value is -0.770. The molecule has 0 radical (unpaired) electrons. The van der Waals surface area contributed by atoms with Crippen LogP contribution in [0.5, 0.6) is 0 Å². The van der Waals surface area contributed by atoms with Crippen molar-refractivity contribution in [3.8, 4) is 0 Å². The van der Waals surface area contributed by atoms with Gasteiger partial charge in [0.2, 0.25) is 0 Å². The highest BCUT2D eigenvalue weighted by atomic mass is 127. The van der Waals surface area contributed by atoms with Crippen molar-refractivity contribution in [1.82, 2.24) is 20.4 Å². The summed E-state index contributed by atoms with van der Waals surface area (Å²) in [5, 5.41) is 6.92. The number of carbonyl (C=O) groups excluding carboxylic acids is 1. The van der Waals surface area contributed by atoms with Gasteiger partial charge in [-0.05, 0) is 58.5 Å². The number of amides is 1. The van der Waals surface area contributed by atoms with Gasteiger partial charge in [-0.2, -0.15) is 0 Å². The summed E-state index contributed by atoms with van der Waals surface area (Å²) in [6.45, 7) is 13.4. The highest BCUT2D eigenvalue weighted by Crippen LogP contribution is 2.16. The molecule has 0 aromatic rings. The Morgan fingerprint density at radius 2 is 1.89 bits per heavy atom. The molecule has 158 valence electrons. The van der Waals surface area contributed by atoms with Crippen molar-refractivity contribution >= 4 is 36.0 Å². The summed E-state index contributed by atoms with van der Waals surface area (Å²) in [7, 11) is 0. The third kappa shape index (κ3) is 8.41. The van der Waals surface area contributed by atoms with Gasteiger partial charge < -0.3 is 25.2 Å². The van der Waals surface area contributed by atoms with Gasteiger partial charge in [0.05, 0.1) is 6.61 Å². The molecule has 0 bridgehead atoms. The summed E-state index contributed by atoms with van der Waals surface area (Å²) < 4.78 is 5.08. The molecule has 2 saturated heterocycles. The van der Waals surface area contributed by atoms with Crippen LogP contribution in [-0.4, -0.2) is 80.3 Å². The van der Waals surface area contributed by atoms with Crippen LogP contribution in [0.2, 0.25) is 0 Å². The normalized spacial score (nSPS) is 21.7. The van der Waals surface area contributed by atoms with Gasteiger partial charge in [0.25, 0.3) is 0 Å². The number of carbonyl (C=O) groups is 1. The molecule has 2 aliphatic rings. The molecule has 2 fully saturated rings. The van der Waals surface area contributed by atoms with Crippen molar-refractivity contribution in [3.05, 3.63) is 0 Å². The lowest BCUT2D eigenvalue weighted by Crippen LogP contribution is -2.50. The Morgan fingerprint density at radius 3 is 2.52 bits per heavy atom. The summed E-state index contributed by atoms with van der Waals surface area (Å²) in [5.41, 5.74) is 0. The van der Waals surface area contributed by atoms with E-state index in [1.165, 1.54) is 32.5 Å². The highest BCUT2D eigenvalue weighted by molar-refractivity contribution is 14.0. The molecule has 1 unspecified atom stereocenters. The summed E-state index contributed by atoms with van der Waals surface area (Å²) in [5.74, 6) is 1.58. The number of rotatable bonds is 7. The molecule has 27 heavy (non-hydrogen) atoms. The first-order valence-electron chi connectivity index (χ1n) is 10.3. The molecular weight excluding hydrogens is 457 g/mol.